The second kappa shape index (κ2) is 4.46. The van der Waals surface area contributed by atoms with Crippen molar-refractivity contribution < 1.29 is 18.0 Å². The van der Waals surface area contributed by atoms with Crippen LogP contribution in [0, 0.1) is 11.8 Å². The summed E-state index contributed by atoms with van der Waals surface area (Å²) >= 11 is 5.48. The highest BCUT2D eigenvalue weighted by Gasteiger charge is 2.39. The number of carbonyl (C=O) groups is 1. The topological polar surface area (TPSA) is 29.1 Å². The van der Waals surface area contributed by atoms with Crippen molar-refractivity contribution in [3.8, 4) is 0 Å². The zero-order valence-corrected chi connectivity index (χ0v) is 10.3. The summed E-state index contributed by atoms with van der Waals surface area (Å²) in [6.45, 7) is 1.92. The van der Waals surface area contributed by atoms with Gasteiger partial charge in [0.2, 0.25) is 5.91 Å². The van der Waals surface area contributed by atoms with Gasteiger partial charge >= 0.3 is 6.18 Å². The molecule has 6 heteroatoms. The normalized spacial score (nSPS) is 22.7. The van der Waals surface area contributed by atoms with Crippen LogP contribution in [0.3, 0.4) is 0 Å². The van der Waals surface area contributed by atoms with E-state index in [9.17, 15) is 18.0 Å². The van der Waals surface area contributed by atoms with Crippen molar-refractivity contribution in [2.75, 3.05) is 5.32 Å². The van der Waals surface area contributed by atoms with Crippen molar-refractivity contribution in [3.05, 3.63) is 28.8 Å². The first-order valence-corrected chi connectivity index (χ1v) is 5.84. The SMILES string of the molecule is C[C@@H]1C[C@H]1C(=O)Nc1ccc(Cl)c(C(F)(F)F)c1. The van der Waals surface area contributed by atoms with Gasteiger partial charge in [0.1, 0.15) is 0 Å². The van der Waals surface area contributed by atoms with Crippen LogP contribution in [0.2, 0.25) is 5.02 Å². The molecule has 2 rings (SSSR count). The molecule has 0 saturated heterocycles. The number of anilines is 1. The van der Waals surface area contributed by atoms with Crippen LogP contribution in [-0.4, -0.2) is 5.91 Å². The molecule has 0 radical (unpaired) electrons. The largest absolute Gasteiger partial charge is 0.417 e. The van der Waals surface area contributed by atoms with Crippen LogP contribution < -0.4 is 5.32 Å². The molecule has 1 aliphatic rings. The maximum Gasteiger partial charge on any atom is 0.417 e. The Kier molecular flexibility index (Phi) is 3.27. The standard InChI is InChI=1S/C12H11ClF3NO/c1-6-4-8(6)11(18)17-7-2-3-10(13)9(5-7)12(14,15)16/h2-3,5-6,8H,4H2,1H3,(H,17,18)/t6-,8-/m1/s1. The van der Waals surface area contributed by atoms with Gasteiger partial charge in [-0.05, 0) is 30.5 Å². The van der Waals surface area contributed by atoms with Gasteiger partial charge in [-0.1, -0.05) is 18.5 Å². The van der Waals surface area contributed by atoms with Crippen LogP contribution in [0.25, 0.3) is 0 Å². The molecule has 18 heavy (non-hydrogen) atoms. The van der Waals surface area contributed by atoms with Crippen molar-refractivity contribution in [3.63, 3.8) is 0 Å². The van der Waals surface area contributed by atoms with E-state index in [0.717, 1.165) is 18.6 Å². The van der Waals surface area contributed by atoms with E-state index in [0.29, 0.717) is 5.92 Å². The van der Waals surface area contributed by atoms with Crippen molar-refractivity contribution in [2.45, 2.75) is 19.5 Å². The van der Waals surface area contributed by atoms with Crippen LogP contribution in [0.4, 0.5) is 18.9 Å². The number of hydrogen-bond donors (Lipinski definition) is 1. The van der Waals surface area contributed by atoms with Gasteiger partial charge in [0.25, 0.3) is 0 Å². The second-order valence-electron chi connectivity index (χ2n) is 4.50. The fourth-order valence-electron chi connectivity index (χ4n) is 1.74. The molecular weight excluding hydrogens is 267 g/mol. The minimum absolute atomic E-state index is 0.0879. The Morgan fingerprint density at radius 2 is 2.06 bits per heavy atom. The molecule has 98 valence electrons. The number of rotatable bonds is 2. The lowest BCUT2D eigenvalue weighted by Crippen LogP contribution is -2.15. The summed E-state index contributed by atoms with van der Waals surface area (Å²) < 4.78 is 37.8. The first kappa shape index (κ1) is 13.2. The van der Waals surface area contributed by atoms with Gasteiger partial charge in [-0.3, -0.25) is 4.79 Å². The summed E-state index contributed by atoms with van der Waals surface area (Å²) in [7, 11) is 0. The molecular formula is C12H11ClF3NO. The third-order valence-corrected chi connectivity index (χ3v) is 3.32. The Morgan fingerprint density at radius 1 is 1.44 bits per heavy atom. The van der Waals surface area contributed by atoms with Crippen LogP contribution in [0.15, 0.2) is 18.2 Å². The molecule has 2 nitrogen and oxygen atoms in total. The molecule has 1 amide bonds. The third-order valence-electron chi connectivity index (χ3n) is 2.99. The van der Waals surface area contributed by atoms with E-state index in [2.05, 4.69) is 5.32 Å². The van der Waals surface area contributed by atoms with Gasteiger partial charge in [-0.2, -0.15) is 13.2 Å². The monoisotopic (exact) mass is 277 g/mol. The molecule has 2 atom stereocenters. The van der Waals surface area contributed by atoms with Crippen LogP contribution in [0.5, 0.6) is 0 Å². The van der Waals surface area contributed by atoms with E-state index in [1.165, 1.54) is 6.07 Å². The highest BCUT2D eigenvalue weighted by atomic mass is 35.5. The number of alkyl halides is 3. The molecule has 0 aliphatic heterocycles. The Bertz CT molecular complexity index is 487. The number of amides is 1. The van der Waals surface area contributed by atoms with E-state index >= 15 is 0 Å². The van der Waals surface area contributed by atoms with Gasteiger partial charge < -0.3 is 5.32 Å². The maximum atomic E-state index is 12.6. The van der Waals surface area contributed by atoms with Gasteiger partial charge in [0.05, 0.1) is 10.6 Å². The van der Waals surface area contributed by atoms with Crippen molar-refractivity contribution in [1.29, 1.82) is 0 Å². The number of carbonyl (C=O) groups excluding carboxylic acids is 1. The van der Waals surface area contributed by atoms with Gasteiger partial charge in [0.15, 0.2) is 0 Å². The zero-order chi connectivity index (χ0) is 13.5. The van der Waals surface area contributed by atoms with E-state index in [-0.39, 0.29) is 22.5 Å². The van der Waals surface area contributed by atoms with E-state index in [1.807, 2.05) is 6.92 Å². The highest BCUT2D eigenvalue weighted by Crippen LogP contribution is 2.39. The quantitative estimate of drug-likeness (QED) is 0.871. The number of hydrogen-bond acceptors (Lipinski definition) is 1. The van der Waals surface area contributed by atoms with E-state index in [4.69, 9.17) is 11.6 Å². The Morgan fingerprint density at radius 3 is 2.56 bits per heavy atom. The average Bonchev–Trinajstić information content (AvgIpc) is 2.97. The second-order valence-corrected chi connectivity index (χ2v) is 4.91. The van der Waals surface area contributed by atoms with E-state index in [1.54, 1.807) is 0 Å². The Hall–Kier alpha value is -1.23. The lowest BCUT2D eigenvalue weighted by Gasteiger charge is -2.11. The van der Waals surface area contributed by atoms with E-state index < -0.39 is 11.7 Å². The minimum atomic E-state index is -4.52. The number of nitrogens with one attached hydrogen (secondary N) is 1. The number of benzene rings is 1. The molecule has 1 saturated carbocycles. The Labute approximate surface area is 107 Å². The third kappa shape index (κ3) is 2.77. The summed E-state index contributed by atoms with van der Waals surface area (Å²) in [5, 5.41) is 2.10. The first-order chi connectivity index (χ1) is 8.29. The lowest BCUT2D eigenvalue weighted by molar-refractivity contribution is -0.137. The van der Waals surface area contributed by atoms with Crippen molar-refractivity contribution in [2.24, 2.45) is 11.8 Å². The molecule has 0 bridgehead atoms. The summed E-state index contributed by atoms with van der Waals surface area (Å²) in [6.07, 6.45) is -3.74. The van der Waals surface area contributed by atoms with Crippen LogP contribution in [0.1, 0.15) is 18.9 Å². The van der Waals surface area contributed by atoms with Crippen molar-refractivity contribution in [1.82, 2.24) is 0 Å². The maximum absolute atomic E-state index is 12.6. The number of halogens is 4. The Balaban J connectivity index is 2.17. The molecule has 1 aliphatic carbocycles. The molecule has 0 unspecified atom stereocenters. The first-order valence-electron chi connectivity index (χ1n) is 5.46. The molecule has 1 aromatic carbocycles. The predicted molar refractivity (Wildman–Crippen MR) is 62.4 cm³/mol. The summed E-state index contributed by atoms with van der Waals surface area (Å²) in [5.41, 5.74) is -0.818. The molecule has 1 fully saturated rings. The summed E-state index contributed by atoms with van der Waals surface area (Å²) in [5.74, 6) is -0.0210. The fourth-order valence-corrected chi connectivity index (χ4v) is 1.97. The zero-order valence-electron chi connectivity index (χ0n) is 9.51. The highest BCUT2D eigenvalue weighted by molar-refractivity contribution is 6.31. The average molecular weight is 278 g/mol. The molecule has 0 aromatic heterocycles. The van der Waals surface area contributed by atoms with Crippen LogP contribution in [-0.2, 0) is 11.0 Å². The lowest BCUT2D eigenvalue weighted by atomic mass is 10.2. The minimum Gasteiger partial charge on any atom is -0.326 e. The predicted octanol–water partition coefficient (Wildman–Crippen LogP) is 3.95. The smallest absolute Gasteiger partial charge is 0.326 e. The fraction of sp³-hybridized carbons (Fsp3) is 0.417. The molecule has 1 aromatic rings. The van der Waals surface area contributed by atoms with Gasteiger partial charge in [0, 0.05) is 11.6 Å². The van der Waals surface area contributed by atoms with Crippen LogP contribution >= 0.6 is 11.6 Å². The van der Waals surface area contributed by atoms with Gasteiger partial charge in [-0.25, -0.2) is 0 Å². The molecule has 0 spiro atoms. The molecule has 0 heterocycles. The molecule has 1 N–H and O–H groups in total. The summed E-state index contributed by atoms with van der Waals surface area (Å²) in [4.78, 5) is 11.6. The summed E-state index contributed by atoms with van der Waals surface area (Å²) in [6, 6.07) is 3.35. The van der Waals surface area contributed by atoms with Crippen molar-refractivity contribution >= 4 is 23.2 Å². The van der Waals surface area contributed by atoms with Gasteiger partial charge in [-0.15, -0.1) is 0 Å².